The van der Waals surface area contributed by atoms with E-state index in [0.717, 1.165) is 15.6 Å². The molecule has 0 amide bonds. The highest BCUT2D eigenvalue weighted by Gasteiger charge is 2.08. The van der Waals surface area contributed by atoms with Gasteiger partial charge in [-0.25, -0.2) is 0 Å². The first-order chi connectivity index (χ1) is 9.15. The van der Waals surface area contributed by atoms with Crippen LogP contribution in [-0.4, -0.2) is 5.97 Å². The maximum atomic E-state index is 11.7. The lowest BCUT2D eigenvalue weighted by Crippen LogP contribution is -2.08. The van der Waals surface area contributed by atoms with Crippen LogP contribution in [0.25, 0.3) is 0 Å². The van der Waals surface area contributed by atoms with Crippen molar-refractivity contribution in [2.45, 2.75) is 13.0 Å². The fraction of sp³-hybridized carbons (Fsp3) is 0.133. The number of hydrogen-bond acceptors (Lipinski definition) is 2. The van der Waals surface area contributed by atoms with Gasteiger partial charge in [0.2, 0.25) is 0 Å². The van der Waals surface area contributed by atoms with E-state index in [1.807, 2.05) is 36.4 Å². The van der Waals surface area contributed by atoms with E-state index in [4.69, 9.17) is 16.3 Å². The molecule has 0 aliphatic heterocycles. The molecule has 0 bridgehead atoms. The molecule has 0 saturated heterocycles. The first-order valence-electron chi connectivity index (χ1n) is 5.78. The summed E-state index contributed by atoms with van der Waals surface area (Å²) < 4.78 is 6.04. The molecule has 2 aromatic rings. The third-order valence-corrected chi connectivity index (χ3v) is 3.57. The van der Waals surface area contributed by atoms with Crippen molar-refractivity contribution in [3.63, 3.8) is 0 Å². The second kappa shape index (κ2) is 6.73. The quantitative estimate of drug-likeness (QED) is 0.772. The fourth-order valence-electron chi connectivity index (χ4n) is 1.61. The Labute approximate surface area is 125 Å². The van der Waals surface area contributed by atoms with Crippen LogP contribution >= 0.6 is 27.5 Å². The van der Waals surface area contributed by atoms with E-state index in [2.05, 4.69) is 15.9 Å². The SMILES string of the molecule is O=C(Cc1ccc(Cl)cc1Br)OCc1ccccc1. The molecule has 0 aliphatic rings. The first-order valence-corrected chi connectivity index (χ1v) is 6.96. The zero-order valence-corrected chi connectivity index (χ0v) is 12.4. The van der Waals surface area contributed by atoms with Gasteiger partial charge in [0.1, 0.15) is 6.61 Å². The van der Waals surface area contributed by atoms with Crippen molar-refractivity contribution in [1.29, 1.82) is 0 Å². The van der Waals surface area contributed by atoms with E-state index < -0.39 is 0 Å². The highest BCUT2D eigenvalue weighted by Crippen LogP contribution is 2.22. The summed E-state index contributed by atoms with van der Waals surface area (Å²) in [6.07, 6.45) is 0.227. The molecule has 0 saturated carbocycles. The third kappa shape index (κ3) is 4.37. The van der Waals surface area contributed by atoms with Gasteiger partial charge in [-0.3, -0.25) is 4.79 Å². The van der Waals surface area contributed by atoms with Gasteiger partial charge >= 0.3 is 5.97 Å². The molecular formula is C15H12BrClO2. The van der Waals surface area contributed by atoms with E-state index in [1.54, 1.807) is 12.1 Å². The summed E-state index contributed by atoms with van der Waals surface area (Å²) in [4.78, 5) is 11.7. The van der Waals surface area contributed by atoms with E-state index in [1.165, 1.54) is 0 Å². The molecule has 0 fully saturated rings. The lowest BCUT2D eigenvalue weighted by Gasteiger charge is -2.06. The van der Waals surface area contributed by atoms with Gasteiger partial charge in [0, 0.05) is 9.50 Å². The Kier molecular flexibility index (Phi) is 5.00. The number of hydrogen-bond donors (Lipinski definition) is 0. The molecule has 0 N–H and O–H groups in total. The van der Waals surface area contributed by atoms with Crippen LogP contribution in [0, 0.1) is 0 Å². The highest BCUT2D eigenvalue weighted by molar-refractivity contribution is 9.10. The minimum absolute atomic E-state index is 0.227. The highest BCUT2D eigenvalue weighted by atomic mass is 79.9. The van der Waals surface area contributed by atoms with Crippen molar-refractivity contribution >= 4 is 33.5 Å². The van der Waals surface area contributed by atoms with Gasteiger partial charge in [0.05, 0.1) is 6.42 Å². The minimum Gasteiger partial charge on any atom is -0.461 e. The molecule has 4 heteroatoms. The van der Waals surface area contributed by atoms with Crippen LogP contribution < -0.4 is 0 Å². The maximum absolute atomic E-state index is 11.7. The third-order valence-electron chi connectivity index (χ3n) is 2.59. The topological polar surface area (TPSA) is 26.3 Å². The molecule has 98 valence electrons. The van der Waals surface area contributed by atoms with Crippen LogP contribution in [0.3, 0.4) is 0 Å². The van der Waals surface area contributed by atoms with Crippen LogP contribution in [0.2, 0.25) is 5.02 Å². The van der Waals surface area contributed by atoms with E-state index in [9.17, 15) is 4.79 Å². The zero-order chi connectivity index (χ0) is 13.7. The maximum Gasteiger partial charge on any atom is 0.310 e. The molecule has 0 heterocycles. The Balaban J connectivity index is 1.91. The van der Waals surface area contributed by atoms with Crippen LogP contribution in [0.4, 0.5) is 0 Å². The van der Waals surface area contributed by atoms with E-state index >= 15 is 0 Å². The molecule has 0 spiro atoms. The van der Waals surface area contributed by atoms with Crippen LogP contribution in [0.5, 0.6) is 0 Å². The largest absolute Gasteiger partial charge is 0.461 e. The van der Waals surface area contributed by atoms with Crippen molar-refractivity contribution in [2.75, 3.05) is 0 Å². The lowest BCUT2D eigenvalue weighted by atomic mass is 10.1. The number of benzene rings is 2. The van der Waals surface area contributed by atoms with Gasteiger partial charge in [-0.05, 0) is 23.3 Å². The first kappa shape index (κ1) is 14.1. The number of carbonyl (C=O) groups is 1. The van der Waals surface area contributed by atoms with E-state index in [-0.39, 0.29) is 12.4 Å². The van der Waals surface area contributed by atoms with Crippen molar-refractivity contribution in [3.05, 3.63) is 69.2 Å². The van der Waals surface area contributed by atoms with Crippen molar-refractivity contribution < 1.29 is 9.53 Å². The standard InChI is InChI=1S/C15H12BrClO2/c16-14-9-13(17)7-6-12(14)8-15(18)19-10-11-4-2-1-3-5-11/h1-7,9H,8,10H2. The summed E-state index contributed by atoms with van der Waals surface area (Å²) in [6.45, 7) is 0.297. The number of esters is 1. The zero-order valence-electron chi connectivity index (χ0n) is 10.1. The molecule has 2 rings (SSSR count). The van der Waals surface area contributed by atoms with Crippen molar-refractivity contribution in [2.24, 2.45) is 0 Å². The molecule has 19 heavy (non-hydrogen) atoms. The smallest absolute Gasteiger partial charge is 0.310 e. The minimum atomic E-state index is -0.258. The number of rotatable bonds is 4. The van der Waals surface area contributed by atoms with E-state index in [0.29, 0.717) is 11.6 Å². The predicted octanol–water partition coefficient (Wildman–Crippen LogP) is 4.39. The average molecular weight is 340 g/mol. The van der Waals surface area contributed by atoms with Gasteiger partial charge in [-0.15, -0.1) is 0 Å². The van der Waals surface area contributed by atoms with Crippen LogP contribution in [0.1, 0.15) is 11.1 Å². The number of halogens is 2. The summed E-state index contributed by atoms with van der Waals surface area (Å²) in [5.41, 5.74) is 1.84. The molecule has 0 radical (unpaired) electrons. The summed E-state index contributed by atoms with van der Waals surface area (Å²) in [6, 6.07) is 14.9. The molecular weight excluding hydrogens is 328 g/mol. The Bertz CT molecular complexity index is 570. The van der Waals surface area contributed by atoms with Gasteiger partial charge in [0.15, 0.2) is 0 Å². The summed E-state index contributed by atoms with van der Waals surface area (Å²) in [5, 5.41) is 0.633. The molecule has 2 aromatic carbocycles. The Morgan fingerprint density at radius 3 is 2.58 bits per heavy atom. The fourth-order valence-corrected chi connectivity index (χ4v) is 2.43. The summed E-state index contributed by atoms with van der Waals surface area (Å²) in [5.74, 6) is -0.258. The number of carbonyl (C=O) groups excluding carboxylic acids is 1. The summed E-state index contributed by atoms with van der Waals surface area (Å²) >= 11 is 9.23. The normalized spacial score (nSPS) is 10.2. The Morgan fingerprint density at radius 1 is 1.16 bits per heavy atom. The lowest BCUT2D eigenvalue weighted by molar-refractivity contribution is -0.144. The van der Waals surface area contributed by atoms with Gasteiger partial charge in [-0.2, -0.15) is 0 Å². The summed E-state index contributed by atoms with van der Waals surface area (Å²) in [7, 11) is 0. The molecule has 0 unspecified atom stereocenters. The predicted molar refractivity (Wildman–Crippen MR) is 79.1 cm³/mol. The molecule has 0 aromatic heterocycles. The molecule has 2 nitrogen and oxygen atoms in total. The van der Waals surface area contributed by atoms with Gasteiger partial charge in [0.25, 0.3) is 0 Å². The molecule has 0 aliphatic carbocycles. The van der Waals surface area contributed by atoms with Crippen LogP contribution in [-0.2, 0) is 22.6 Å². The number of ether oxygens (including phenoxy) is 1. The van der Waals surface area contributed by atoms with Crippen molar-refractivity contribution in [3.8, 4) is 0 Å². The van der Waals surface area contributed by atoms with Gasteiger partial charge in [-0.1, -0.05) is 63.9 Å². The molecule has 0 atom stereocenters. The Hall–Kier alpha value is -1.32. The van der Waals surface area contributed by atoms with Crippen LogP contribution in [0.15, 0.2) is 53.0 Å². The average Bonchev–Trinajstić information content (AvgIpc) is 2.41. The van der Waals surface area contributed by atoms with Crippen molar-refractivity contribution in [1.82, 2.24) is 0 Å². The second-order valence-corrected chi connectivity index (χ2v) is 5.35. The monoisotopic (exact) mass is 338 g/mol. The Morgan fingerprint density at radius 2 is 1.89 bits per heavy atom. The van der Waals surface area contributed by atoms with Gasteiger partial charge < -0.3 is 4.74 Å². The second-order valence-electron chi connectivity index (χ2n) is 4.06.